The molecule has 0 aliphatic carbocycles. The minimum absolute atomic E-state index is 0.236. The maximum atomic E-state index is 2.51. The van der Waals surface area contributed by atoms with Crippen molar-refractivity contribution in [2.45, 2.75) is 11.8 Å². The average Bonchev–Trinajstić information content (AvgIpc) is 3.46. The van der Waals surface area contributed by atoms with Crippen molar-refractivity contribution in [1.82, 2.24) is 4.57 Å². The van der Waals surface area contributed by atoms with Gasteiger partial charge in [-0.15, -0.1) is 0 Å². The molecule has 2 aliphatic rings. The van der Waals surface area contributed by atoms with Crippen LogP contribution in [0.5, 0.6) is 0 Å². The molecule has 0 fully saturated rings. The summed E-state index contributed by atoms with van der Waals surface area (Å²) in [6.07, 6.45) is 3.44. The lowest BCUT2D eigenvalue weighted by Crippen LogP contribution is -2.60. The van der Waals surface area contributed by atoms with Gasteiger partial charge in [-0.1, -0.05) is 151 Å². The minimum Gasteiger partial charge on any atom is -0.317 e. The Morgan fingerprint density at radius 1 is 0.500 bits per heavy atom. The predicted octanol–water partition coefficient (Wildman–Crippen LogP) is 6.75. The van der Waals surface area contributed by atoms with Crippen molar-refractivity contribution in [3.05, 3.63) is 191 Å². The van der Waals surface area contributed by atoms with Crippen LogP contribution in [0.2, 0.25) is 0 Å². The van der Waals surface area contributed by atoms with Crippen LogP contribution in [0.4, 0.5) is 0 Å². The molecular formula is C40H28BN. The standard InChI is InChI=1S/C40H28BN/c1-4-16-30(17-5-1)40(31-18-6-2-7-19-31,32-20-8-3-9-21-32)34-27-42-37-25-12-15-29-26-28-14-10-11-23-35(28)41(38(29)37)36-24-13-22-33(34)39(36)42/h1-25,27H,26H2. The zero-order valence-corrected chi connectivity index (χ0v) is 23.2. The minimum atomic E-state index is -0.498. The Morgan fingerprint density at radius 2 is 1.05 bits per heavy atom. The SMILES string of the molecule is c1ccc(C(c2ccccc2)(c2ccccc2)c2cn3c4c(cccc24)B2c4ccccc4Cc4cccc-3c42)cc1. The number of rotatable bonds is 4. The van der Waals surface area contributed by atoms with Gasteiger partial charge in [-0.3, -0.25) is 0 Å². The van der Waals surface area contributed by atoms with Crippen LogP contribution >= 0.6 is 0 Å². The third kappa shape index (κ3) is 3.10. The van der Waals surface area contributed by atoms with Crippen LogP contribution in [0.15, 0.2) is 158 Å². The van der Waals surface area contributed by atoms with Crippen molar-refractivity contribution in [3.8, 4) is 5.69 Å². The van der Waals surface area contributed by atoms with E-state index in [0.29, 0.717) is 0 Å². The van der Waals surface area contributed by atoms with Crippen LogP contribution < -0.4 is 16.4 Å². The Hall–Kier alpha value is -5.08. The maximum Gasteiger partial charge on any atom is 0.247 e. The van der Waals surface area contributed by atoms with E-state index in [-0.39, 0.29) is 6.71 Å². The topological polar surface area (TPSA) is 4.93 Å². The van der Waals surface area contributed by atoms with Crippen molar-refractivity contribution >= 4 is 34.0 Å². The van der Waals surface area contributed by atoms with Gasteiger partial charge in [0.2, 0.25) is 6.71 Å². The monoisotopic (exact) mass is 533 g/mol. The Balaban J connectivity index is 1.45. The van der Waals surface area contributed by atoms with Gasteiger partial charge in [0.1, 0.15) is 0 Å². The lowest BCUT2D eigenvalue weighted by molar-refractivity contribution is 0.749. The molecule has 0 unspecified atom stereocenters. The van der Waals surface area contributed by atoms with Gasteiger partial charge in [0, 0.05) is 22.8 Å². The highest BCUT2D eigenvalue weighted by molar-refractivity contribution is 6.98. The van der Waals surface area contributed by atoms with E-state index in [4.69, 9.17) is 0 Å². The van der Waals surface area contributed by atoms with Crippen LogP contribution in [0, 0.1) is 0 Å². The predicted molar refractivity (Wildman–Crippen MR) is 175 cm³/mol. The molecule has 0 amide bonds. The Morgan fingerprint density at radius 3 is 1.71 bits per heavy atom. The molecule has 1 aromatic heterocycles. The van der Waals surface area contributed by atoms with Crippen LogP contribution in [-0.2, 0) is 11.8 Å². The lowest BCUT2D eigenvalue weighted by atomic mass is 9.32. The van der Waals surface area contributed by atoms with Crippen LogP contribution in [0.1, 0.15) is 33.4 Å². The first-order chi connectivity index (χ1) is 20.9. The van der Waals surface area contributed by atoms with Crippen molar-refractivity contribution in [2.24, 2.45) is 0 Å². The van der Waals surface area contributed by atoms with E-state index in [9.17, 15) is 0 Å². The van der Waals surface area contributed by atoms with E-state index in [1.54, 1.807) is 0 Å². The largest absolute Gasteiger partial charge is 0.317 e. The molecule has 0 saturated carbocycles. The van der Waals surface area contributed by atoms with Gasteiger partial charge in [0.15, 0.2) is 0 Å². The van der Waals surface area contributed by atoms with Gasteiger partial charge in [-0.05, 0) is 56.8 Å². The van der Waals surface area contributed by atoms with Crippen molar-refractivity contribution in [1.29, 1.82) is 0 Å². The van der Waals surface area contributed by atoms with Crippen LogP contribution in [-0.4, -0.2) is 11.3 Å². The molecule has 1 nitrogen and oxygen atoms in total. The molecule has 0 spiro atoms. The quantitative estimate of drug-likeness (QED) is 0.174. The summed E-state index contributed by atoms with van der Waals surface area (Å²) in [7, 11) is 0. The molecule has 0 saturated heterocycles. The maximum absolute atomic E-state index is 2.51. The fourth-order valence-corrected chi connectivity index (χ4v) is 8.02. The molecule has 0 bridgehead atoms. The summed E-state index contributed by atoms with van der Waals surface area (Å²) < 4.78 is 2.51. The number of para-hydroxylation sites is 1. The second-order valence-electron chi connectivity index (χ2n) is 11.7. The second-order valence-corrected chi connectivity index (χ2v) is 11.7. The molecule has 196 valence electrons. The van der Waals surface area contributed by atoms with Gasteiger partial charge in [0.25, 0.3) is 0 Å². The molecule has 0 N–H and O–H groups in total. The van der Waals surface area contributed by atoms with Gasteiger partial charge >= 0.3 is 0 Å². The van der Waals surface area contributed by atoms with E-state index < -0.39 is 5.41 Å². The molecule has 6 aromatic carbocycles. The number of hydrogen-bond donors (Lipinski definition) is 0. The van der Waals surface area contributed by atoms with Crippen LogP contribution in [0.25, 0.3) is 16.6 Å². The highest BCUT2D eigenvalue weighted by Crippen LogP contribution is 2.48. The third-order valence-corrected chi connectivity index (χ3v) is 9.66. The van der Waals surface area contributed by atoms with Crippen molar-refractivity contribution < 1.29 is 0 Å². The van der Waals surface area contributed by atoms with Crippen LogP contribution in [0.3, 0.4) is 0 Å². The first-order valence-electron chi connectivity index (χ1n) is 14.9. The second kappa shape index (κ2) is 8.96. The van der Waals surface area contributed by atoms with E-state index in [1.807, 2.05) is 0 Å². The number of benzene rings is 6. The van der Waals surface area contributed by atoms with Crippen molar-refractivity contribution in [2.75, 3.05) is 0 Å². The van der Waals surface area contributed by atoms with E-state index in [2.05, 4.69) is 162 Å². The Bertz CT molecular complexity index is 2010. The Kier molecular flexibility index (Phi) is 5.04. The third-order valence-electron chi connectivity index (χ3n) is 9.66. The number of hydrogen-bond acceptors (Lipinski definition) is 0. The number of aromatic nitrogens is 1. The molecule has 3 heterocycles. The summed E-state index contributed by atoms with van der Waals surface area (Å²) >= 11 is 0. The first-order valence-corrected chi connectivity index (χ1v) is 14.9. The molecule has 0 atom stereocenters. The summed E-state index contributed by atoms with van der Waals surface area (Å²) in [6.45, 7) is 0.236. The molecule has 9 rings (SSSR count). The molecule has 2 aliphatic heterocycles. The van der Waals surface area contributed by atoms with Gasteiger partial charge in [-0.2, -0.15) is 0 Å². The highest BCUT2D eigenvalue weighted by Gasteiger charge is 2.43. The zero-order valence-electron chi connectivity index (χ0n) is 23.2. The number of fused-ring (bicyclic) bond motifs is 4. The summed E-state index contributed by atoms with van der Waals surface area (Å²) in [5, 5.41) is 1.31. The first kappa shape index (κ1) is 23.6. The fourth-order valence-electron chi connectivity index (χ4n) is 8.02. The molecule has 7 aromatic rings. The normalized spacial score (nSPS) is 13.1. The van der Waals surface area contributed by atoms with Gasteiger partial charge in [0.05, 0.1) is 5.41 Å². The fraction of sp³-hybridized carbons (Fsp3) is 0.0500. The van der Waals surface area contributed by atoms with Crippen molar-refractivity contribution in [3.63, 3.8) is 0 Å². The Labute approximate surface area is 246 Å². The molecule has 0 radical (unpaired) electrons. The highest BCUT2D eigenvalue weighted by atomic mass is 15.0. The zero-order chi connectivity index (χ0) is 27.7. The van der Waals surface area contributed by atoms with E-state index >= 15 is 0 Å². The molecule has 42 heavy (non-hydrogen) atoms. The van der Waals surface area contributed by atoms with E-state index in [1.165, 1.54) is 66.4 Å². The smallest absolute Gasteiger partial charge is 0.247 e. The summed E-state index contributed by atoms with van der Waals surface area (Å²) in [4.78, 5) is 0. The molecular weight excluding hydrogens is 505 g/mol. The van der Waals surface area contributed by atoms with E-state index in [0.717, 1.165) is 6.42 Å². The average molecular weight is 533 g/mol. The summed E-state index contributed by atoms with van der Waals surface area (Å²) in [5.41, 5.74) is 14.4. The van der Waals surface area contributed by atoms with Gasteiger partial charge in [-0.25, -0.2) is 0 Å². The summed E-state index contributed by atoms with van der Waals surface area (Å²) in [6, 6.07) is 56.2. The molecule has 2 heteroatoms. The lowest BCUT2D eigenvalue weighted by Gasteiger charge is -2.36. The summed E-state index contributed by atoms with van der Waals surface area (Å²) in [5.74, 6) is 0. The van der Waals surface area contributed by atoms with Gasteiger partial charge < -0.3 is 4.57 Å². The number of nitrogens with zero attached hydrogens (tertiary/aromatic N) is 1.